The number of rotatable bonds is 5. The number of aryl methyl sites for hydroxylation is 3. The molecule has 0 bridgehead atoms. The van der Waals surface area contributed by atoms with Crippen molar-refractivity contribution < 1.29 is 13.9 Å². The van der Waals surface area contributed by atoms with Crippen LogP contribution in [0.25, 0.3) is 16.5 Å². The topological polar surface area (TPSA) is 42.7 Å². The largest absolute Gasteiger partial charge is 0.493 e. The van der Waals surface area contributed by atoms with Gasteiger partial charge in [0.05, 0.1) is 6.61 Å². The summed E-state index contributed by atoms with van der Waals surface area (Å²) in [6, 6.07) is 2.48. The monoisotopic (exact) mass is 383 g/mol. The number of fused-ring (bicyclic) bond motifs is 1. The molecule has 1 atom stereocenters. The summed E-state index contributed by atoms with van der Waals surface area (Å²) in [6.45, 7) is 13.7. The minimum Gasteiger partial charge on any atom is -0.493 e. The van der Waals surface area contributed by atoms with E-state index in [4.69, 9.17) is 9.15 Å². The summed E-state index contributed by atoms with van der Waals surface area (Å²) in [5, 5.41) is 1.10. The normalized spacial score (nSPS) is 18.0. The lowest BCUT2D eigenvalue weighted by molar-refractivity contribution is -0.129. The van der Waals surface area contributed by atoms with Gasteiger partial charge in [-0.2, -0.15) is 0 Å². The molecule has 0 N–H and O–H groups in total. The highest BCUT2D eigenvalue weighted by molar-refractivity contribution is 5.98. The Balaban J connectivity index is 2.05. The maximum Gasteiger partial charge on any atom is 0.247 e. The summed E-state index contributed by atoms with van der Waals surface area (Å²) >= 11 is 0. The molecule has 2 aromatic rings. The lowest BCUT2D eigenvalue weighted by Gasteiger charge is -2.34. The molecule has 0 radical (unpaired) electrons. The Labute approximate surface area is 168 Å². The SMILES string of the molecule is CCOc1c(/C(C)=C/C(=O)N2CCCCC2CC)cc2c(C)c(C)oc2c1C. The van der Waals surface area contributed by atoms with Gasteiger partial charge in [-0.15, -0.1) is 0 Å². The molecule has 2 heterocycles. The summed E-state index contributed by atoms with van der Waals surface area (Å²) in [7, 11) is 0. The van der Waals surface area contributed by atoms with E-state index in [1.807, 2.05) is 32.6 Å². The van der Waals surface area contributed by atoms with Crippen molar-refractivity contribution in [2.75, 3.05) is 13.2 Å². The third-order valence-corrected chi connectivity index (χ3v) is 6.08. The molecule has 1 unspecified atom stereocenters. The molecule has 1 amide bonds. The molecule has 1 fully saturated rings. The van der Waals surface area contributed by atoms with Crippen LogP contribution in [0.15, 0.2) is 16.6 Å². The molecule has 0 aliphatic carbocycles. The molecular formula is C24H33NO3. The van der Waals surface area contributed by atoms with Gasteiger partial charge in [-0.05, 0) is 77.5 Å². The maximum absolute atomic E-state index is 13.0. The molecule has 1 aromatic carbocycles. The van der Waals surface area contributed by atoms with Crippen molar-refractivity contribution in [1.82, 2.24) is 4.90 Å². The van der Waals surface area contributed by atoms with Gasteiger partial charge < -0.3 is 14.1 Å². The molecule has 1 saturated heterocycles. The van der Waals surface area contributed by atoms with Gasteiger partial charge in [0.1, 0.15) is 17.1 Å². The average molecular weight is 384 g/mol. The van der Waals surface area contributed by atoms with Gasteiger partial charge >= 0.3 is 0 Å². The second-order valence-corrected chi connectivity index (χ2v) is 7.89. The van der Waals surface area contributed by atoms with Gasteiger partial charge in [-0.1, -0.05) is 6.92 Å². The number of hydrogen-bond acceptors (Lipinski definition) is 3. The number of benzene rings is 1. The zero-order chi connectivity index (χ0) is 20.4. The molecule has 4 nitrogen and oxygen atoms in total. The molecule has 1 aromatic heterocycles. The van der Waals surface area contributed by atoms with Gasteiger partial charge in [0.2, 0.25) is 5.91 Å². The van der Waals surface area contributed by atoms with Crippen molar-refractivity contribution in [3.63, 3.8) is 0 Å². The minimum atomic E-state index is 0.115. The van der Waals surface area contributed by atoms with Gasteiger partial charge in [0.15, 0.2) is 0 Å². The zero-order valence-electron chi connectivity index (χ0n) is 18.1. The molecule has 28 heavy (non-hydrogen) atoms. The standard InChI is InChI=1S/C24H33NO3/c1-7-19-11-9-10-12-25(19)22(26)13-15(3)20-14-21-16(4)18(6)28-24(21)17(5)23(20)27-8-2/h13-14,19H,7-12H2,1-6H3/b15-13+. The second-order valence-electron chi connectivity index (χ2n) is 7.89. The van der Waals surface area contributed by atoms with Crippen molar-refractivity contribution >= 4 is 22.4 Å². The third kappa shape index (κ3) is 3.69. The molecule has 0 saturated carbocycles. The molecule has 152 valence electrons. The van der Waals surface area contributed by atoms with Crippen LogP contribution in [0, 0.1) is 20.8 Å². The highest BCUT2D eigenvalue weighted by Gasteiger charge is 2.25. The van der Waals surface area contributed by atoms with E-state index in [1.165, 1.54) is 6.42 Å². The summed E-state index contributed by atoms with van der Waals surface area (Å²) in [6.07, 6.45) is 6.23. The first-order valence-electron chi connectivity index (χ1n) is 10.5. The lowest BCUT2D eigenvalue weighted by atomic mass is 9.97. The fraction of sp³-hybridized carbons (Fsp3) is 0.542. The maximum atomic E-state index is 13.0. The van der Waals surface area contributed by atoms with E-state index in [0.717, 1.165) is 70.5 Å². The number of furan rings is 1. The Morgan fingerprint density at radius 2 is 2.00 bits per heavy atom. The average Bonchev–Trinajstić information content (AvgIpc) is 2.98. The molecular weight excluding hydrogens is 350 g/mol. The van der Waals surface area contributed by atoms with Crippen LogP contribution in [0.3, 0.4) is 0 Å². The quantitative estimate of drug-likeness (QED) is 0.599. The number of carbonyl (C=O) groups is 1. The van der Waals surface area contributed by atoms with E-state index in [1.54, 1.807) is 6.08 Å². The fourth-order valence-corrected chi connectivity index (χ4v) is 4.30. The Kier molecular flexibility index (Phi) is 6.17. The van der Waals surface area contributed by atoms with Crippen LogP contribution >= 0.6 is 0 Å². The molecule has 1 aliphatic heterocycles. The first-order chi connectivity index (χ1) is 13.4. The van der Waals surface area contributed by atoms with E-state index in [-0.39, 0.29) is 5.91 Å². The number of hydrogen-bond donors (Lipinski definition) is 0. The minimum absolute atomic E-state index is 0.115. The van der Waals surface area contributed by atoms with E-state index >= 15 is 0 Å². The summed E-state index contributed by atoms with van der Waals surface area (Å²) in [4.78, 5) is 15.1. The summed E-state index contributed by atoms with van der Waals surface area (Å²) < 4.78 is 12.0. The fourth-order valence-electron chi connectivity index (χ4n) is 4.30. The van der Waals surface area contributed by atoms with Crippen LogP contribution in [0.1, 0.15) is 68.9 Å². The Morgan fingerprint density at radius 3 is 2.68 bits per heavy atom. The van der Waals surface area contributed by atoms with E-state index in [9.17, 15) is 4.79 Å². The van der Waals surface area contributed by atoms with Crippen molar-refractivity contribution in [3.8, 4) is 5.75 Å². The van der Waals surface area contributed by atoms with Crippen molar-refractivity contribution in [2.24, 2.45) is 0 Å². The first-order valence-corrected chi connectivity index (χ1v) is 10.5. The van der Waals surface area contributed by atoms with Crippen molar-refractivity contribution in [2.45, 2.75) is 73.3 Å². The Hall–Kier alpha value is -2.23. The third-order valence-electron chi connectivity index (χ3n) is 6.08. The predicted molar refractivity (Wildman–Crippen MR) is 115 cm³/mol. The lowest BCUT2D eigenvalue weighted by Crippen LogP contribution is -2.42. The molecule has 1 aliphatic rings. The molecule has 4 heteroatoms. The highest BCUT2D eigenvalue weighted by Crippen LogP contribution is 2.39. The van der Waals surface area contributed by atoms with Gasteiger partial charge in [-0.25, -0.2) is 0 Å². The van der Waals surface area contributed by atoms with E-state index < -0.39 is 0 Å². The van der Waals surface area contributed by atoms with Gasteiger partial charge in [0.25, 0.3) is 0 Å². The predicted octanol–water partition coefficient (Wildman–Crippen LogP) is 5.95. The van der Waals surface area contributed by atoms with E-state index in [2.05, 4.69) is 19.9 Å². The zero-order valence-corrected chi connectivity index (χ0v) is 18.1. The number of amides is 1. The number of ether oxygens (including phenoxy) is 1. The Bertz CT molecular complexity index is 906. The van der Waals surface area contributed by atoms with Crippen LogP contribution in [-0.2, 0) is 4.79 Å². The van der Waals surface area contributed by atoms with Crippen molar-refractivity contribution in [1.29, 1.82) is 0 Å². The van der Waals surface area contributed by atoms with E-state index in [0.29, 0.717) is 12.6 Å². The smallest absolute Gasteiger partial charge is 0.247 e. The molecule has 0 spiro atoms. The summed E-state index contributed by atoms with van der Waals surface area (Å²) in [5.74, 6) is 1.86. The number of nitrogens with zero attached hydrogens (tertiary/aromatic N) is 1. The van der Waals surface area contributed by atoms with Gasteiger partial charge in [0, 0.05) is 35.2 Å². The molecule has 3 rings (SSSR count). The number of carbonyl (C=O) groups excluding carboxylic acids is 1. The number of likely N-dealkylation sites (tertiary alicyclic amines) is 1. The number of piperidine rings is 1. The summed E-state index contributed by atoms with van der Waals surface area (Å²) in [5.41, 5.74) is 4.94. The Morgan fingerprint density at radius 1 is 1.25 bits per heavy atom. The van der Waals surface area contributed by atoms with Gasteiger partial charge in [-0.3, -0.25) is 4.79 Å². The van der Waals surface area contributed by atoms with Crippen LogP contribution < -0.4 is 4.74 Å². The van der Waals surface area contributed by atoms with Crippen LogP contribution in [0.5, 0.6) is 5.75 Å². The van der Waals surface area contributed by atoms with Crippen molar-refractivity contribution in [3.05, 3.63) is 34.6 Å². The highest BCUT2D eigenvalue weighted by atomic mass is 16.5. The second kappa shape index (κ2) is 8.42. The van der Waals surface area contributed by atoms with Crippen LogP contribution in [0.2, 0.25) is 0 Å². The van der Waals surface area contributed by atoms with Crippen LogP contribution in [0.4, 0.5) is 0 Å². The first kappa shape index (κ1) is 20.5. The number of allylic oxidation sites excluding steroid dienone is 1. The van der Waals surface area contributed by atoms with Crippen LogP contribution in [-0.4, -0.2) is 30.0 Å².